The first-order valence-electron chi connectivity index (χ1n) is 9.37. The van der Waals surface area contributed by atoms with Gasteiger partial charge < -0.3 is 14.5 Å². The highest BCUT2D eigenvalue weighted by Gasteiger charge is 2.25. The maximum atomic E-state index is 12.1. The normalized spacial score (nSPS) is 15.9. The molecule has 3 rings (SSSR count). The number of rotatable bonds is 3. The molecule has 0 unspecified atom stereocenters. The SMILES string of the molecule is CN(CC1CCN(c2ccc3ccccc3n2)CC1)C(=O)OC(C)(C)C. The molecule has 0 atom stereocenters. The van der Waals surface area contributed by atoms with E-state index in [2.05, 4.69) is 29.2 Å². The molecule has 1 aliphatic heterocycles. The number of aromatic nitrogens is 1. The molecule has 1 aliphatic rings. The van der Waals surface area contributed by atoms with Gasteiger partial charge in [-0.2, -0.15) is 0 Å². The molecule has 0 radical (unpaired) electrons. The summed E-state index contributed by atoms with van der Waals surface area (Å²) >= 11 is 0. The lowest BCUT2D eigenvalue weighted by molar-refractivity contribution is 0.0266. The van der Waals surface area contributed by atoms with Crippen molar-refractivity contribution in [2.45, 2.75) is 39.2 Å². The van der Waals surface area contributed by atoms with E-state index in [1.807, 2.05) is 40.0 Å². The van der Waals surface area contributed by atoms with Gasteiger partial charge in [-0.25, -0.2) is 9.78 Å². The molecule has 0 aliphatic carbocycles. The first-order valence-corrected chi connectivity index (χ1v) is 9.37. The van der Waals surface area contributed by atoms with Crippen molar-refractivity contribution in [3.8, 4) is 0 Å². The fourth-order valence-corrected chi connectivity index (χ4v) is 3.38. The number of piperidine rings is 1. The zero-order valence-corrected chi connectivity index (χ0v) is 16.2. The molecule has 1 saturated heterocycles. The molecule has 2 heterocycles. The van der Waals surface area contributed by atoms with Crippen molar-refractivity contribution in [3.05, 3.63) is 36.4 Å². The predicted molar refractivity (Wildman–Crippen MR) is 106 cm³/mol. The number of hydrogen-bond donors (Lipinski definition) is 0. The molecule has 5 heteroatoms. The third-order valence-corrected chi connectivity index (χ3v) is 4.76. The van der Waals surface area contributed by atoms with Crippen molar-refractivity contribution >= 4 is 22.8 Å². The minimum atomic E-state index is -0.448. The number of anilines is 1. The van der Waals surface area contributed by atoms with Gasteiger partial charge in [0.05, 0.1) is 5.52 Å². The number of ether oxygens (including phenoxy) is 1. The molecule has 26 heavy (non-hydrogen) atoms. The van der Waals surface area contributed by atoms with Crippen molar-refractivity contribution in [3.63, 3.8) is 0 Å². The van der Waals surface area contributed by atoms with E-state index in [1.165, 1.54) is 5.39 Å². The zero-order valence-electron chi connectivity index (χ0n) is 16.2. The van der Waals surface area contributed by atoms with Crippen LogP contribution in [0.1, 0.15) is 33.6 Å². The lowest BCUT2D eigenvalue weighted by Crippen LogP contribution is -2.41. The van der Waals surface area contributed by atoms with Crippen LogP contribution < -0.4 is 4.90 Å². The van der Waals surface area contributed by atoms with E-state index < -0.39 is 5.60 Å². The predicted octanol–water partition coefficient (Wildman–Crippen LogP) is 4.32. The Bertz CT molecular complexity index is 761. The van der Waals surface area contributed by atoms with Crippen molar-refractivity contribution in [1.82, 2.24) is 9.88 Å². The highest BCUT2D eigenvalue weighted by atomic mass is 16.6. The number of pyridine rings is 1. The summed E-state index contributed by atoms with van der Waals surface area (Å²) in [5.74, 6) is 1.55. The van der Waals surface area contributed by atoms with Crippen LogP contribution in [0, 0.1) is 5.92 Å². The van der Waals surface area contributed by atoms with Gasteiger partial charge in [-0.05, 0) is 57.7 Å². The summed E-state index contributed by atoms with van der Waals surface area (Å²) in [7, 11) is 1.82. The second kappa shape index (κ2) is 7.52. The Balaban J connectivity index is 1.54. The molecule has 140 valence electrons. The van der Waals surface area contributed by atoms with E-state index in [9.17, 15) is 4.79 Å². The third kappa shape index (κ3) is 4.65. The average Bonchev–Trinajstić information content (AvgIpc) is 2.60. The summed E-state index contributed by atoms with van der Waals surface area (Å²) in [5.41, 5.74) is 0.591. The Hall–Kier alpha value is -2.30. The maximum absolute atomic E-state index is 12.1. The summed E-state index contributed by atoms with van der Waals surface area (Å²) in [6, 6.07) is 12.5. The quantitative estimate of drug-likeness (QED) is 0.823. The van der Waals surface area contributed by atoms with E-state index in [-0.39, 0.29) is 6.09 Å². The number of para-hydroxylation sites is 1. The molecule has 2 aromatic rings. The van der Waals surface area contributed by atoms with Gasteiger partial charge >= 0.3 is 6.09 Å². The van der Waals surface area contributed by atoms with Gasteiger partial charge in [0, 0.05) is 32.1 Å². The summed E-state index contributed by atoms with van der Waals surface area (Å²) in [6.45, 7) is 8.37. The summed E-state index contributed by atoms with van der Waals surface area (Å²) in [4.78, 5) is 21.0. The lowest BCUT2D eigenvalue weighted by atomic mass is 9.96. The first kappa shape index (κ1) is 18.5. The Labute approximate surface area is 156 Å². The van der Waals surface area contributed by atoms with Gasteiger partial charge in [-0.3, -0.25) is 0 Å². The smallest absolute Gasteiger partial charge is 0.410 e. The van der Waals surface area contributed by atoms with Gasteiger partial charge in [0.2, 0.25) is 0 Å². The van der Waals surface area contributed by atoms with Gasteiger partial charge in [-0.1, -0.05) is 18.2 Å². The van der Waals surface area contributed by atoms with Gasteiger partial charge in [-0.15, -0.1) is 0 Å². The van der Waals surface area contributed by atoms with E-state index in [1.54, 1.807) is 4.90 Å². The summed E-state index contributed by atoms with van der Waals surface area (Å²) in [6.07, 6.45) is 1.87. The number of hydrogen-bond acceptors (Lipinski definition) is 4. The monoisotopic (exact) mass is 355 g/mol. The fourth-order valence-electron chi connectivity index (χ4n) is 3.38. The van der Waals surface area contributed by atoms with Crippen molar-refractivity contribution in [1.29, 1.82) is 0 Å². The second-order valence-electron chi connectivity index (χ2n) is 8.15. The van der Waals surface area contributed by atoms with Crippen LogP contribution in [0.4, 0.5) is 10.6 Å². The van der Waals surface area contributed by atoms with Crippen LogP contribution in [-0.2, 0) is 4.74 Å². The van der Waals surface area contributed by atoms with Crippen molar-refractivity contribution in [2.24, 2.45) is 5.92 Å². The van der Waals surface area contributed by atoms with Crippen LogP contribution >= 0.6 is 0 Å². The van der Waals surface area contributed by atoms with Crippen LogP contribution in [0.2, 0.25) is 0 Å². The number of fused-ring (bicyclic) bond motifs is 1. The zero-order chi connectivity index (χ0) is 18.7. The van der Waals surface area contributed by atoms with Crippen LogP contribution in [0.25, 0.3) is 10.9 Å². The average molecular weight is 355 g/mol. The standard InChI is InChI=1S/C21H29N3O2/c1-21(2,3)26-20(25)23(4)15-16-11-13-24(14-12-16)19-10-9-17-7-5-6-8-18(17)22-19/h5-10,16H,11-15H2,1-4H3. The molecule has 1 aromatic heterocycles. The van der Waals surface area contributed by atoms with Gasteiger partial charge in [0.15, 0.2) is 0 Å². The van der Waals surface area contributed by atoms with E-state index in [0.717, 1.165) is 43.8 Å². The fraction of sp³-hybridized carbons (Fsp3) is 0.524. The minimum absolute atomic E-state index is 0.240. The third-order valence-electron chi connectivity index (χ3n) is 4.76. The molecule has 0 spiro atoms. The molecule has 1 aromatic carbocycles. The maximum Gasteiger partial charge on any atom is 0.410 e. The molecule has 0 saturated carbocycles. The van der Waals surface area contributed by atoms with Crippen LogP contribution in [0.3, 0.4) is 0 Å². The highest BCUT2D eigenvalue weighted by molar-refractivity contribution is 5.80. The van der Waals surface area contributed by atoms with E-state index in [0.29, 0.717) is 5.92 Å². The Morgan fingerprint density at radius 3 is 2.58 bits per heavy atom. The van der Waals surface area contributed by atoms with Crippen LogP contribution in [0.5, 0.6) is 0 Å². The molecule has 1 fully saturated rings. The largest absolute Gasteiger partial charge is 0.444 e. The molecule has 0 bridgehead atoms. The number of carbonyl (C=O) groups is 1. The minimum Gasteiger partial charge on any atom is -0.444 e. The van der Waals surface area contributed by atoms with E-state index >= 15 is 0 Å². The van der Waals surface area contributed by atoms with Gasteiger partial charge in [0.1, 0.15) is 11.4 Å². The first-order chi connectivity index (χ1) is 12.3. The molecular weight excluding hydrogens is 326 g/mol. The van der Waals surface area contributed by atoms with Gasteiger partial charge in [0.25, 0.3) is 0 Å². The number of amides is 1. The summed E-state index contributed by atoms with van der Waals surface area (Å²) < 4.78 is 5.44. The Morgan fingerprint density at radius 1 is 1.19 bits per heavy atom. The molecule has 1 amide bonds. The number of carbonyl (C=O) groups excluding carboxylic acids is 1. The number of benzene rings is 1. The topological polar surface area (TPSA) is 45.7 Å². The molecule has 5 nitrogen and oxygen atoms in total. The van der Waals surface area contributed by atoms with Crippen molar-refractivity contribution in [2.75, 3.05) is 31.6 Å². The Kier molecular flexibility index (Phi) is 5.35. The summed E-state index contributed by atoms with van der Waals surface area (Å²) in [5, 5.41) is 1.17. The second-order valence-corrected chi connectivity index (χ2v) is 8.15. The lowest BCUT2D eigenvalue weighted by Gasteiger charge is -2.35. The van der Waals surface area contributed by atoms with Crippen LogP contribution in [-0.4, -0.2) is 48.3 Å². The molecule has 0 N–H and O–H groups in total. The van der Waals surface area contributed by atoms with Crippen LogP contribution in [0.15, 0.2) is 36.4 Å². The highest BCUT2D eigenvalue weighted by Crippen LogP contribution is 2.24. The number of nitrogens with zero attached hydrogens (tertiary/aromatic N) is 3. The van der Waals surface area contributed by atoms with E-state index in [4.69, 9.17) is 9.72 Å². The Morgan fingerprint density at radius 2 is 1.88 bits per heavy atom. The molecular formula is C21H29N3O2. The van der Waals surface area contributed by atoms with Crippen molar-refractivity contribution < 1.29 is 9.53 Å².